The van der Waals surface area contributed by atoms with Crippen molar-refractivity contribution in [2.45, 2.75) is 26.4 Å². The fraction of sp³-hybridized carbons (Fsp3) is 0.154. The Balaban J connectivity index is 1.72. The van der Waals surface area contributed by atoms with Crippen molar-refractivity contribution in [1.82, 2.24) is 9.66 Å². The molecule has 0 radical (unpaired) electrons. The lowest BCUT2D eigenvalue weighted by Gasteiger charge is -2.11. The lowest BCUT2D eigenvalue weighted by molar-refractivity contribution is -0.386. The lowest BCUT2D eigenvalue weighted by Crippen LogP contribution is -2.22. The van der Waals surface area contributed by atoms with E-state index in [1.807, 2.05) is 13.0 Å². The largest absolute Gasteiger partial charge is 0.481 e. The zero-order valence-corrected chi connectivity index (χ0v) is 22.7. The summed E-state index contributed by atoms with van der Waals surface area (Å²) in [5.74, 6) is 0.513. The van der Waals surface area contributed by atoms with Gasteiger partial charge < -0.3 is 4.74 Å². The molecule has 37 heavy (non-hydrogen) atoms. The van der Waals surface area contributed by atoms with Gasteiger partial charge in [-0.15, -0.1) is 0 Å². The van der Waals surface area contributed by atoms with Gasteiger partial charge >= 0.3 is 5.69 Å². The smallest absolute Gasteiger partial charge is 0.312 e. The number of aromatic nitrogens is 2. The van der Waals surface area contributed by atoms with Crippen molar-refractivity contribution in [3.8, 4) is 11.8 Å². The van der Waals surface area contributed by atoms with E-state index in [0.29, 0.717) is 44.3 Å². The molecule has 9 nitrogen and oxygen atoms in total. The van der Waals surface area contributed by atoms with Gasteiger partial charge in [0.25, 0.3) is 5.56 Å². The van der Waals surface area contributed by atoms with Crippen LogP contribution in [0.25, 0.3) is 10.9 Å². The summed E-state index contributed by atoms with van der Waals surface area (Å²) in [7, 11) is 0. The van der Waals surface area contributed by atoms with Gasteiger partial charge in [0.05, 0.1) is 38.1 Å². The van der Waals surface area contributed by atoms with E-state index in [4.69, 9.17) is 4.74 Å². The minimum absolute atomic E-state index is 0.0231. The molecule has 0 aliphatic rings. The molecule has 0 saturated heterocycles. The van der Waals surface area contributed by atoms with Gasteiger partial charge in [-0.2, -0.15) is 15.0 Å². The zero-order chi connectivity index (χ0) is 26.5. The molecule has 3 aromatic carbocycles. The molecule has 0 fully saturated rings. The number of nitro benzene ring substituents is 1. The van der Waals surface area contributed by atoms with Gasteiger partial charge in [-0.05, 0) is 52.7 Å². The summed E-state index contributed by atoms with van der Waals surface area (Å²) in [5.41, 5.74) is 1.36. The third kappa shape index (κ3) is 5.76. The van der Waals surface area contributed by atoms with Gasteiger partial charge in [0.15, 0.2) is 0 Å². The van der Waals surface area contributed by atoms with Crippen molar-refractivity contribution in [2.75, 3.05) is 0 Å². The fourth-order valence-electron chi connectivity index (χ4n) is 3.68. The van der Waals surface area contributed by atoms with E-state index in [0.717, 1.165) is 10.9 Å². The van der Waals surface area contributed by atoms with Crippen LogP contribution in [0.3, 0.4) is 0 Å². The summed E-state index contributed by atoms with van der Waals surface area (Å²) in [6.07, 6.45) is 2.65. The second-order valence-electron chi connectivity index (χ2n) is 7.97. The van der Waals surface area contributed by atoms with Gasteiger partial charge in [0.2, 0.25) is 5.75 Å². The Morgan fingerprint density at radius 3 is 2.73 bits per heavy atom. The molecule has 1 heterocycles. The third-order valence-electron chi connectivity index (χ3n) is 5.42. The second-order valence-corrected chi connectivity index (χ2v) is 9.74. The predicted molar refractivity (Wildman–Crippen MR) is 147 cm³/mol. The van der Waals surface area contributed by atoms with Crippen molar-refractivity contribution in [3.05, 3.63) is 107 Å². The van der Waals surface area contributed by atoms with Gasteiger partial charge in [0.1, 0.15) is 12.4 Å². The van der Waals surface area contributed by atoms with Gasteiger partial charge in [-0.1, -0.05) is 41.1 Å². The Hall–Kier alpha value is -3.88. The Kier molecular flexibility index (Phi) is 8.11. The quantitative estimate of drug-likeness (QED) is 0.132. The SMILES string of the molecule is CCCc1nc2ccc(Br)cc2c(=O)n1N=Cc1cc(Br)c(OCc2ccccc2C#N)c([N+](=O)[O-])c1. The maximum atomic E-state index is 13.2. The van der Waals surface area contributed by atoms with E-state index in [-0.39, 0.29) is 23.6 Å². The molecule has 0 saturated carbocycles. The van der Waals surface area contributed by atoms with Crippen LogP contribution in [0.5, 0.6) is 5.75 Å². The van der Waals surface area contributed by atoms with Gasteiger partial charge in [-0.25, -0.2) is 4.98 Å². The highest BCUT2D eigenvalue weighted by atomic mass is 79.9. The summed E-state index contributed by atoms with van der Waals surface area (Å²) in [6, 6.07) is 17.1. The average molecular weight is 625 g/mol. The van der Waals surface area contributed by atoms with Crippen molar-refractivity contribution >= 4 is 54.7 Å². The molecule has 11 heteroatoms. The topological polar surface area (TPSA) is 123 Å². The van der Waals surface area contributed by atoms with Crippen LogP contribution in [0.1, 0.15) is 35.9 Å². The first-order valence-corrected chi connectivity index (χ1v) is 12.7. The minimum atomic E-state index is -0.558. The van der Waals surface area contributed by atoms with Crippen molar-refractivity contribution in [2.24, 2.45) is 5.10 Å². The molecular formula is C26H19Br2N5O4. The molecule has 0 atom stereocenters. The van der Waals surface area contributed by atoms with Crippen molar-refractivity contribution in [1.29, 1.82) is 5.26 Å². The van der Waals surface area contributed by atoms with Gasteiger partial charge in [-0.3, -0.25) is 14.9 Å². The number of halogens is 2. The molecule has 0 spiro atoms. The molecular weight excluding hydrogens is 606 g/mol. The summed E-state index contributed by atoms with van der Waals surface area (Å²) >= 11 is 6.73. The highest BCUT2D eigenvalue weighted by Crippen LogP contribution is 2.36. The number of hydrogen-bond donors (Lipinski definition) is 0. The Labute approximate surface area is 228 Å². The molecule has 186 valence electrons. The van der Waals surface area contributed by atoms with E-state index in [9.17, 15) is 20.2 Å². The number of nitriles is 1. The Morgan fingerprint density at radius 2 is 2.00 bits per heavy atom. The zero-order valence-electron chi connectivity index (χ0n) is 19.5. The van der Waals surface area contributed by atoms with Crippen LogP contribution in [0.2, 0.25) is 0 Å². The van der Waals surface area contributed by atoms with E-state index < -0.39 is 4.92 Å². The molecule has 0 aliphatic carbocycles. The number of benzene rings is 3. The number of aryl methyl sites for hydroxylation is 1. The van der Waals surface area contributed by atoms with E-state index in [2.05, 4.69) is 48.0 Å². The molecule has 1 aromatic heterocycles. The lowest BCUT2D eigenvalue weighted by atomic mass is 10.1. The molecule has 0 unspecified atom stereocenters. The summed E-state index contributed by atoms with van der Waals surface area (Å²) in [4.78, 5) is 29.1. The van der Waals surface area contributed by atoms with E-state index >= 15 is 0 Å². The highest BCUT2D eigenvalue weighted by molar-refractivity contribution is 9.10. The maximum Gasteiger partial charge on any atom is 0.312 e. The summed E-state index contributed by atoms with van der Waals surface area (Å²) < 4.78 is 8.05. The highest BCUT2D eigenvalue weighted by Gasteiger charge is 2.21. The maximum absolute atomic E-state index is 13.2. The Morgan fingerprint density at radius 1 is 1.22 bits per heavy atom. The fourth-order valence-corrected chi connectivity index (χ4v) is 4.62. The van der Waals surface area contributed by atoms with E-state index in [1.54, 1.807) is 42.5 Å². The third-order valence-corrected chi connectivity index (χ3v) is 6.51. The number of nitrogens with zero attached hydrogens (tertiary/aromatic N) is 5. The Bertz CT molecular complexity index is 1640. The standard InChI is InChI=1S/C26H19Br2N5O4/c1-2-5-24-31-22-9-8-19(27)12-20(22)26(34)32(24)30-14-16-10-21(28)25(23(11-16)33(35)36)37-15-18-7-4-3-6-17(18)13-29/h3-4,6-12,14H,2,5,15H2,1H3. The van der Waals surface area contributed by atoms with Crippen LogP contribution >= 0.6 is 31.9 Å². The number of fused-ring (bicyclic) bond motifs is 1. The average Bonchev–Trinajstić information content (AvgIpc) is 2.88. The van der Waals surface area contributed by atoms with Crippen molar-refractivity contribution in [3.63, 3.8) is 0 Å². The van der Waals surface area contributed by atoms with Crippen LogP contribution in [-0.2, 0) is 13.0 Å². The summed E-state index contributed by atoms with van der Waals surface area (Å²) in [6.45, 7) is 1.95. The normalized spacial score (nSPS) is 11.1. The predicted octanol–water partition coefficient (Wildman–Crippen LogP) is 6.12. The van der Waals surface area contributed by atoms with Gasteiger partial charge in [0, 0.05) is 28.1 Å². The van der Waals surface area contributed by atoms with Crippen LogP contribution in [0.15, 0.2) is 73.4 Å². The van der Waals surface area contributed by atoms with Crippen LogP contribution in [0.4, 0.5) is 5.69 Å². The number of rotatable bonds is 8. The molecule has 4 aromatic rings. The summed E-state index contributed by atoms with van der Waals surface area (Å²) in [5, 5.41) is 25.9. The number of nitro groups is 1. The molecule has 0 aliphatic heterocycles. The number of ether oxygens (including phenoxy) is 1. The van der Waals surface area contributed by atoms with Crippen LogP contribution in [0, 0.1) is 21.4 Å². The molecule has 4 rings (SSSR count). The first-order valence-electron chi connectivity index (χ1n) is 11.2. The molecule has 0 amide bonds. The number of hydrogen-bond acceptors (Lipinski definition) is 7. The molecule has 0 bridgehead atoms. The minimum Gasteiger partial charge on any atom is -0.481 e. The first kappa shape index (κ1) is 26.2. The van der Waals surface area contributed by atoms with Crippen LogP contribution in [-0.4, -0.2) is 20.8 Å². The van der Waals surface area contributed by atoms with Crippen LogP contribution < -0.4 is 10.3 Å². The second kappa shape index (κ2) is 11.5. The van der Waals surface area contributed by atoms with E-state index in [1.165, 1.54) is 17.0 Å². The monoisotopic (exact) mass is 623 g/mol. The first-order chi connectivity index (χ1) is 17.8. The van der Waals surface area contributed by atoms with Crippen molar-refractivity contribution < 1.29 is 9.66 Å². The molecule has 0 N–H and O–H groups in total.